The highest BCUT2D eigenvalue weighted by Gasteiger charge is 2.28. The second-order valence-corrected chi connectivity index (χ2v) is 6.59. The molecule has 0 aromatic carbocycles. The molecule has 0 saturated carbocycles. The first kappa shape index (κ1) is 13.7. The summed E-state index contributed by atoms with van der Waals surface area (Å²) in [6.07, 6.45) is 4.92. The summed E-state index contributed by atoms with van der Waals surface area (Å²) >= 11 is 1.63. The number of aromatic amines is 1. The molecule has 114 valence electrons. The van der Waals surface area contributed by atoms with Gasteiger partial charge in [-0.05, 0) is 30.2 Å². The van der Waals surface area contributed by atoms with Crippen molar-refractivity contribution >= 4 is 28.2 Å². The van der Waals surface area contributed by atoms with Gasteiger partial charge < -0.3 is 10.0 Å². The van der Waals surface area contributed by atoms with Gasteiger partial charge in [0.2, 0.25) is 0 Å². The molecule has 4 heterocycles. The van der Waals surface area contributed by atoms with Gasteiger partial charge in [-0.3, -0.25) is 5.10 Å². The van der Waals surface area contributed by atoms with E-state index >= 15 is 0 Å². The molecule has 1 fully saturated rings. The highest BCUT2D eigenvalue weighted by Crippen LogP contribution is 2.34. The molecule has 3 aromatic heterocycles. The largest absolute Gasteiger partial charge is 0.387 e. The van der Waals surface area contributed by atoms with Crippen molar-refractivity contribution in [2.45, 2.75) is 18.9 Å². The summed E-state index contributed by atoms with van der Waals surface area (Å²) in [5.41, 5.74) is 0.769. The Bertz CT molecular complexity index is 748. The molecule has 1 saturated heterocycles. The molecule has 6 nitrogen and oxygen atoms in total. The van der Waals surface area contributed by atoms with E-state index in [4.69, 9.17) is 0 Å². The van der Waals surface area contributed by atoms with Gasteiger partial charge in [-0.25, -0.2) is 9.97 Å². The third kappa shape index (κ3) is 2.36. The fraction of sp³-hybridized carbons (Fsp3) is 0.400. The first-order valence-electron chi connectivity index (χ1n) is 7.43. The molecule has 2 N–H and O–H groups in total. The lowest BCUT2D eigenvalue weighted by atomic mass is 9.90. The number of hydrogen-bond acceptors (Lipinski definition) is 6. The molecule has 0 bridgehead atoms. The highest BCUT2D eigenvalue weighted by atomic mass is 32.1. The normalized spacial score (nSPS) is 18.0. The minimum Gasteiger partial charge on any atom is -0.387 e. The molecule has 1 unspecified atom stereocenters. The van der Waals surface area contributed by atoms with Crippen LogP contribution in [0.1, 0.15) is 23.8 Å². The van der Waals surface area contributed by atoms with Crippen molar-refractivity contribution in [2.24, 2.45) is 5.92 Å². The Balaban J connectivity index is 1.49. The summed E-state index contributed by atoms with van der Waals surface area (Å²) in [4.78, 5) is 11.9. The lowest BCUT2D eigenvalue weighted by molar-refractivity contribution is 0.0961. The molecule has 3 aromatic rings. The van der Waals surface area contributed by atoms with Crippen molar-refractivity contribution < 1.29 is 5.11 Å². The third-order valence-corrected chi connectivity index (χ3v) is 5.29. The lowest BCUT2D eigenvalue weighted by Crippen LogP contribution is -2.36. The van der Waals surface area contributed by atoms with Crippen molar-refractivity contribution in [3.05, 3.63) is 34.9 Å². The number of anilines is 1. The first-order valence-corrected chi connectivity index (χ1v) is 8.31. The molecule has 1 aliphatic rings. The number of rotatable bonds is 3. The van der Waals surface area contributed by atoms with Gasteiger partial charge in [0, 0.05) is 18.0 Å². The smallest absolute Gasteiger partial charge is 0.160 e. The molecule has 22 heavy (non-hydrogen) atoms. The van der Waals surface area contributed by atoms with Crippen molar-refractivity contribution in [1.29, 1.82) is 0 Å². The number of hydrogen-bond donors (Lipinski definition) is 2. The maximum atomic E-state index is 10.5. The summed E-state index contributed by atoms with van der Waals surface area (Å²) < 4.78 is 0. The van der Waals surface area contributed by atoms with E-state index in [1.807, 2.05) is 17.5 Å². The average Bonchev–Trinajstić information content (AvgIpc) is 3.25. The zero-order chi connectivity index (χ0) is 14.9. The predicted octanol–water partition coefficient (Wildman–Crippen LogP) is 2.36. The van der Waals surface area contributed by atoms with E-state index in [1.165, 1.54) is 0 Å². The number of aromatic nitrogens is 4. The van der Waals surface area contributed by atoms with Gasteiger partial charge in [-0.1, -0.05) is 6.07 Å². The Labute approximate surface area is 131 Å². The maximum absolute atomic E-state index is 10.5. The monoisotopic (exact) mass is 315 g/mol. The van der Waals surface area contributed by atoms with Crippen LogP contribution in [0, 0.1) is 5.92 Å². The van der Waals surface area contributed by atoms with Gasteiger partial charge in [0.1, 0.15) is 12.1 Å². The predicted molar refractivity (Wildman–Crippen MR) is 85.9 cm³/mol. The second-order valence-electron chi connectivity index (χ2n) is 5.61. The number of thiophene rings is 1. The van der Waals surface area contributed by atoms with Gasteiger partial charge in [0.05, 0.1) is 17.7 Å². The summed E-state index contributed by atoms with van der Waals surface area (Å²) in [7, 11) is 0. The molecule has 1 aliphatic heterocycles. The number of aliphatic hydroxyl groups is 1. The minimum absolute atomic E-state index is 0.316. The van der Waals surface area contributed by atoms with E-state index in [2.05, 4.69) is 25.1 Å². The summed E-state index contributed by atoms with van der Waals surface area (Å²) in [5, 5.41) is 20.4. The van der Waals surface area contributed by atoms with Crippen LogP contribution in [-0.2, 0) is 0 Å². The molecule has 4 rings (SSSR count). The van der Waals surface area contributed by atoms with E-state index < -0.39 is 0 Å². The SMILES string of the molecule is OC(c1cccs1)C1CCN(c2ncnc3[nH]ncc23)CC1. The summed E-state index contributed by atoms with van der Waals surface area (Å²) in [6, 6.07) is 4.01. The third-order valence-electron chi connectivity index (χ3n) is 4.35. The molecule has 0 aliphatic carbocycles. The van der Waals surface area contributed by atoms with Crippen LogP contribution in [0.25, 0.3) is 11.0 Å². The number of piperidine rings is 1. The molecule has 0 spiro atoms. The van der Waals surface area contributed by atoms with E-state index in [-0.39, 0.29) is 6.10 Å². The number of H-pyrrole nitrogens is 1. The fourth-order valence-electron chi connectivity index (χ4n) is 3.12. The zero-order valence-corrected chi connectivity index (χ0v) is 12.8. The zero-order valence-electron chi connectivity index (χ0n) is 12.0. The van der Waals surface area contributed by atoms with Crippen molar-refractivity contribution in [1.82, 2.24) is 20.2 Å². The molecule has 0 radical (unpaired) electrons. The maximum Gasteiger partial charge on any atom is 0.160 e. The van der Waals surface area contributed by atoms with E-state index in [0.29, 0.717) is 5.92 Å². The van der Waals surface area contributed by atoms with Crippen LogP contribution in [0.15, 0.2) is 30.0 Å². The summed E-state index contributed by atoms with van der Waals surface area (Å²) in [6.45, 7) is 1.79. The van der Waals surface area contributed by atoms with Crippen LogP contribution in [0.3, 0.4) is 0 Å². The van der Waals surface area contributed by atoms with Gasteiger partial charge in [0.25, 0.3) is 0 Å². The van der Waals surface area contributed by atoms with Crippen molar-refractivity contribution in [3.8, 4) is 0 Å². The number of aliphatic hydroxyl groups excluding tert-OH is 1. The van der Waals surface area contributed by atoms with E-state index in [9.17, 15) is 5.11 Å². The van der Waals surface area contributed by atoms with Crippen LogP contribution < -0.4 is 4.90 Å². The van der Waals surface area contributed by atoms with Crippen LogP contribution >= 0.6 is 11.3 Å². The number of nitrogens with one attached hydrogen (secondary N) is 1. The first-order chi connectivity index (χ1) is 10.8. The number of fused-ring (bicyclic) bond motifs is 1. The Morgan fingerprint density at radius 1 is 1.32 bits per heavy atom. The van der Waals surface area contributed by atoms with E-state index in [1.54, 1.807) is 23.9 Å². The quantitative estimate of drug-likeness (QED) is 0.776. The van der Waals surface area contributed by atoms with Crippen LogP contribution in [0.2, 0.25) is 0 Å². The minimum atomic E-state index is -0.346. The van der Waals surface area contributed by atoms with Gasteiger partial charge in [0.15, 0.2) is 5.65 Å². The molecule has 0 amide bonds. The lowest BCUT2D eigenvalue weighted by Gasteiger charge is -2.34. The van der Waals surface area contributed by atoms with Crippen LogP contribution in [0.4, 0.5) is 5.82 Å². The van der Waals surface area contributed by atoms with Gasteiger partial charge in [-0.15, -0.1) is 11.3 Å². The molecule has 1 atom stereocenters. The molecular weight excluding hydrogens is 298 g/mol. The Kier molecular flexibility index (Phi) is 3.51. The highest BCUT2D eigenvalue weighted by molar-refractivity contribution is 7.10. The topological polar surface area (TPSA) is 77.9 Å². The second kappa shape index (κ2) is 5.66. The Morgan fingerprint density at radius 2 is 2.18 bits per heavy atom. The molecular formula is C15H17N5OS. The van der Waals surface area contributed by atoms with Gasteiger partial charge >= 0.3 is 0 Å². The van der Waals surface area contributed by atoms with Crippen molar-refractivity contribution in [2.75, 3.05) is 18.0 Å². The van der Waals surface area contributed by atoms with Crippen LogP contribution in [0.5, 0.6) is 0 Å². The Hall–Kier alpha value is -1.99. The van der Waals surface area contributed by atoms with Gasteiger partial charge in [-0.2, -0.15) is 5.10 Å². The van der Waals surface area contributed by atoms with E-state index in [0.717, 1.165) is 47.7 Å². The fourth-order valence-corrected chi connectivity index (χ4v) is 3.93. The van der Waals surface area contributed by atoms with Crippen LogP contribution in [-0.4, -0.2) is 38.4 Å². The summed E-state index contributed by atoms with van der Waals surface area (Å²) in [5.74, 6) is 1.25. The molecule has 7 heteroatoms. The average molecular weight is 315 g/mol. The number of nitrogens with zero attached hydrogens (tertiary/aromatic N) is 4. The standard InChI is InChI=1S/C15H17N5OS/c21-13(12-2-1-7-22-12)10-3-5-20(6-4-10)15-11-8-18-19-14(11)16-9-17-15/h1-2,7-10,13,21H,3-6H2,(H,16,17,18,19). The van der Waals surface area contributed by atoms with Crippen molar-refractivity contribution in [3.63, 3.8) is 0 Å². The Morgan fingerprint density at radius 3 is 2.95 bits per heavy atom.